The SMILES string of the molecule is O=c1c(Cl)c2oc3c(Cl)c(Cl)c(Cl)c(Cl)c3oc-2c(Cl)c1=O. The third-order valence-corrected chi connectivity index (χ3v) is 5.26. The molecular weight excluding hydrogens is 421 g/mol. The summed E-state index contributed by atoms with van der Waals surface area (Å²) in [5.41, 5.74) is -2.24. The van der Waals surface area contributed by atoms with Crippen molar-refractivity contribution in [1.82, 2.24) is 0 Å². The minimum absolute atomic E-state index is 0.0656. The molecule has 0 atom stereocenters. The van der Waals surface area contributed by atoms with Gasteiger partial charge >= 0.3 is 0 Å². The summed E-state index contributed by atoms with van der Waals surface area (Å²) in [6, 6.07) is 0. The van der Waals surface area contributed by atoms with Crippen LogP contribution >= 0.6 is 69.6 Å². The van der Waals surface area contributed by atoms with E-state index in [4.69, 9.17) is 78.4 Å². The molecule has 2 aliphatic rings. The zero-order valence-electron chi connectivity index (χ0n) is 9.90. The highest BCUT2D eigenvalue weighted by molar-refractivity contribution is 6.54. The van der Waals surface area contributed by atoms with Crippen LogP contribution in [0.4, 0.5) is 0 Å². The molecular formula is C12Cl6O4. The standard InChI is InChI=1S/C12Cl6O4/c13-1-2(14)4(16)10-9(3(1)15)21-11-5(17)7(19)8(20)6(18)12(11)22-10. The number of hydrogen-bond donors (Lipinski definition) is 0. The zero-order valence-corrected chi connectivity index (χ0v) is 14.4. The zero-order chi connectivity index (χ0) is 16.3. The summed E-state index contributed by atoms with van der Waals surface area (Å²) in [5.74, 6) is -0.500. The van der Waals surface area contributed by atoms with E-state index in [1.165, 1.54) is 0 Å². The van der Waals surface area contributed by atoms with Crippen molar-refractivity contribution in [2.45, 2.75) is 0 Å². The van der Waals surface area contributed by atoms with Gasteiger partial charge in [-0.15, -0.1) is 0 Å². The second kappa shape index (κ2) is 5.48. The topological polar surface area (TPSA) is 60.4 Å². The average Bonchev–Trinajstić information content (AvgIpc) is 2.52. The van der Waals surface area contributed by atoms with E-state index in [9.17, 15) is 9.59 Å². The molecule has 10 heteroatoms. The van der Waals surface area contributed by atoms with Gasteiger partial charge in [0.1, 0.15) is 20.1 Å². The summed E-state index contributed by atoms with van der Waals surface area (Å²) in [7, 11) is 0. The van der Waals surface area contributed by atoms with Gasteiger partial charge in [0.25, 0.3) is 0 Å². The Morgan fingerprint density at radius 2 is 0.818 bits per heavy atom. The molecule has 1 aliphatic heterocycles. The Balaban J connectivity index is 2.68. The molecule has 0 fully saturated rings. The van der Waals surface area contributed by atoms with Crippen LogP contribution in [0.3, 0.4) is 0 Å². The molecule has 1 aromatic rings. The van der Waals surface area contributed by atoms with Crippen LogP contribution in [0, 0.1) is 0 Å². The lowest BCUT2D eigenvalue weighted by molar-refractivity contribution is 0.522. The predicted octanol–water partition coefficient (Wildman–Crippen LogP) is 5.77. The van der Waals surface area contributed by atoms with E-state index in [-0.39, 0.29) is 42.8 Å². The van der Waals surface area contributed by atoms with Crippen molar-refractivity contribution in [3.8, 4) is 11.5 Å². The Labute approximate surface area is 151 Å². The predicted molar refractivity (Wildman–Crippen MR) is 87.7 cm³/mol. The van der Waals surface area contributed by atoms with Gasteiger partial charge in [-0.1, -0.05) is 69.6 Å². The smallest absolute Gasteiger partial charge is 0.249 e. The van der Waals surface area contributed by atoms with Crippen LogP contribution in [0.2, 0.25) is 30.1 Å². The molecule has 0 unspecified atom stereocenters. The fraction of sp³-hybridized carbons (Fsp3) is 0. The van der Waals surface area contributed by atoms with Gasteiger partial charge < -0.3 is 8.83 Å². The molecule has 1 aromatic carbocycles. The Kier molecular flexibility index (Phi) is 4.05. The molecule has 114 valence electrons. The van der Waals surface area contributed by atoms with Gasteiger partial charge in [0.15, 0.2) is 22.7 Å². The Hall–Kier alpha value is -0.620. The first kappa shape index (κ1) is 16.2. The summed E-state index contributed by atoms with van der Waals surface area (Å²) >= 11 is 35.5. The first-order valence-electron chi connectivity index (χ1n) is 5.36. The van der Waals surface area contributed by atoms with Gasteiger partial charge in [0.05, 0.1) is 10.0 Å². The molecule has 0 aromatic heterocycles. The van der Waals surface area contributed by atoms with Crippen molar-refractivity contribution >= 4 is 80.8 Å². The largest absolute Gasteiger partial charge is 0.446 e. The van der Waals surface area contributed by atoms with Crippen molar-refractivity contribution in [3.63, 3.8) is 0 Å². The molecule has 0 amide bonds. The third-order valence-electron chi connectivity index (χ3n) is 2.80. The van der Waals surface area contributed by atoms with Gasteiger partial charge in [0, 0.05) is 0 Å². The van der Waals surface area contributed by atoms with Crippen LogP contribution < -0.4 is 10.9 Å². The van der Waals surface area contributed by atoms with Crippen LogP contribution in [0.25, 0.3) is 22.7 Å². The van der Waals surface area contributed by atoms with Crippen LogP contribution in [0.1, 0.15) is 0 Å². The molecule has 4 nitrogen and oxygen atoms in total. The third kappa shape index (κ3) is 2.13. The quantitative estimate of drug-likeness (QED) is 0.200. The minimum atomic E-state index is -1.03. The molecule has 0 saturated carbocycles. The summed E-state index contributed by atoms with van der Waals surface area (Å²) in [6.07, 6.45) is 0. The molecule has 0 spiro atoms. The number of benzene rings is 2. The monoisotopic (exact) mass is 418 g/mol. The lowest BCUT2D eigenvalue weighted by Gasteiger charge is -2.12. The van der Waals surface area contributed by atoms with Crippen LogP contribution in [0.15, 0.2) is 18.4 Å². The average molecular weight is 421 g/mol. The fourth-order valence-electron chi connectivity index (χ4n) is 1.77. The maximum Gasteiger partial charge on any atom is 0.249 e. The molecule has 0 N–H and O–H groups in total. The van der Waals surface area contributed by atoms with Gasteiger partial charge in [-0.3, -0.25) is 9.59 Å². The highest BCUT2D eigenvalue weighted by atomic mass is 35.5. The summed E-state index contributed by atoms with van der Waals surface area (Å²) in [4.78, 5) is 23.4. The highest BCUT2D eigenvalue weighted by Gasteiger charge is 2.28. The molecule has 0 saturated heterocycles. The van der Waals surface area contributed by atoms with Crippen LogP contribution in [0.5, 0.6) is 0 Å². The van der Waals surface area contributed by atoms with Crippen molar-refractivity contribution in [1.29, 1.82) is 0 Å². The summed E-state index contributed by atoms with van der Waals surface area (Å²) in [5, 5.41) is -1.31. The number of fused-ring (bicyclic) bond motifs is 2. The molecule has 0 bridgehead atoms. The van der Waals surface area contributed by atoms with Crippen molar-refractivity contribution in [3.05, 3.63) is 50.6 Å². The maximum absolute atomic E-state index is 11.7. The fourth-order valence-corrected chi connectivity index (χ4v) is 3.08. The van der Waals surface area contributed by atoms with Crippen molar-refractivity contribution in [2.24, 2.45) is 0 Å². The lowest BCUT2D eigenvalue weighted by atomic mass is 10.2. The number of rotatable bonds is 0. The van der Waals surface area contributed by atoms with E-state index < -0.39 is 20.9 Å². The molecule has 22 heavy (non-hydrogen) atoms. The lowest BCUT2D eigenvalue weighted by Crippen LogP contribution is -2.26. The minimum Gasteiger partial charge on any atom is -0.446 e. The van der Waals surface area contributed by atoms with E-state index in [1.807, 2.05) is 0 Å². The molecule has 1 heterocycles. The van der Waals surface area contributed by atoms with E-state index in [2.05, 4.69) is 0 Å². The maximum atomic E-state index is 11.7. The second-order valence-electron chi connectivity index (χ2n) is 4.06. The number of halogens is 6. The first-order valence-corrected chi connectivity index (χ1v) is 7.63. The normalized spacial score (nSPS) is 11.5. The molecule has 0 radical (unpaired) electrons. The Morgan fingerprint density at radius 1 is 0.500 bits per heavy atom. The van der Waals surface area contributed by atoms with Crippen LogP contribution in [-0.2, 0) is 0 Å². The van der Waals surface area contributed by atoms with E-state index >= 15 is 0 Å². The Bertz CT molecular complexity index is 952. The highest BCUT2D eigenvalue weighted by Crippen LogP contribution is 2.46. The second-order valence-corrected chi connectivity index (χ2v) is 6.33. The molecule has 3 rings (SSSR count). The summed E-state index contributed by atoms with van der Waals surface area (Å²) < 4.78 is 10.9. The first-order chi connectivity index (χ1) is 10.3. The van der Waals surface area contributed by atoms with E-state index in [0.29, 0.717) is 0 Å². The Morgan fingerprint density at radius 3 is 1.14 bits per heavy atom. The van der Waals surface area contributed by atoms with Crippen molar-refractivity contribution < 1.29 is 8.83 Å². The van der Waals surface area contributed by atoms with Gasteiger partial charge in [-0.2, -0.15) is 0 Å². The van der Waals surface area contributed by atoms with Gasteiger partial charge in [-0.25, -0.2) is 0 Å². The molecule has 1 aliphatic carbocycles. The van der Waals surface area contributed by atoms with E-state index in [0.717, 1.165) is 0 Å². The number of hydrogen-bond acceptors (Lipinski definition) is 4. The van der Waals surface area contributed by atoms with E-state index in [1.54, 1.807) is 0 Å². The van der Waals surface area contributed by atoms with Crippen molar-refractivity contribution in [2.75, 3.05) is 0 Å². The van der Waals surface area contributed by atoms with Gasteiger partial charge in [-0.05, 0) is 0 Å². The van der Waals surface area contributed by atoms with Crippen LogP contribution in [-0.4, -0.2) is 0 Å². The summed E-state index contributed by atoms with van der Waals surface area (Å²) in [6.45, 7) is 0. The van der Waals surface area contributed by atoms with Gasteiger partial charge in [0.2, 0.25) is 10.9 Å².